The molecule has 7 nitrogen and oxygen atoms in total. The predicted molar refractivity (Wildman–Crippen MR) is 96.0 cm³/mol. The lowest BCUT2D eigenvalue weighted by Gasteiger charge is -2.03. The molecule has 2 aromatic rings. The first-order valence-corrected chi connectivity index (χ1v) is 8.12. The Labute approximate surface area is 156 Å². The summed E-state index contributed by atoms with van der Waals surface area (Å²) < 4.78 is 20.6. The molecule has 0 aliphatic carbocycles. The van der Waals surface area contributed by atoms with E-state index >= 15 is 0 Å². The highest BCUT2D eigenvalue weighted by Crippen LogP contribution is 2.34. The fraction of sp³-hybridized carbons (Fsp3) is 0.200. The van der Waals surface area contributed by atoms with Crippen LogP contribution in [0.25, 0.3) is 0 Å². The first-order chi connectivity index (χ1) is 13.2. The summed E-state index contributed by atoms with van der Waals surface area (Å²) in [6.07, 6.45) is 0. The van der Waals surface area contributed by atoms with E-state index in [-0.39, 0.29) is 25.9 Å². The van der Waals surface area contributed by atoms with Crippen molar-refractivity contribution in [2.45, 2.75) is 0 Å². The molecule has 7 heteroatoms. The molecule has 0 fully saturated rings. The van der Waals surface area contributed by atoms with Crippen LogP contribution < -0.4 is 19.5 Å². The zero-order valence-corrected chi connectivity index (χ0v) is 14.6. The van der Waals surface area contributed by atoms with Gasteiger partial charge in [-0.2, -0.15) is 0 Å². The van der Waals surface area contributed by atoms with Gasteiger partial charge in [-0.15, -0.1) is 0 Å². The summed E-state index contributed by atoms with van der Waals surface area (Å²) in [4.78, 5) is 23.4. The van der Waals surface area contributed by atoms with E-state index in [0.717, 1.165) is 0 Å². The van der Waals surface area contributed by atoms with Crippen LogP contribution in [0.5, 0.6) is 17.2 Å². The number of fused-ring (bicyclic) bond motifs is 1. The highest BCUT2D eigenvalue weighted by atomic mass is 16.7. The van der Waals surface area contributed by atoms with Crippen molar-refractivity contribution < 1.29 is 28.5 Å². The second kappa shape index (κ2) is 8.63. The van der Waals surface area contributed by atoms with Gasteiger partial charge < -0.3 is 24.3 Å². The van der Waals surface area contributed by atoms with Crippen molar-refractivity contribution in [1.29, 1.82) is 0 Å². The summed E-state index contributed by atoms with van der Waals surface area (Å²) in [7, 11) is 1.30. The third kappa shape index (κ3) is 4.70. The molecular weight excluding hydrogens is 350 g/mol. The molecule has 0 saturated carbocycles. The monoisotopic (exact) mass is 367 g/mol. The average Bonchev–Trinajstić information content (AvgIpc) is 3.17. The summed E-state index contributed by atoms with van der Waals surface area (Å²) >= 11 is 0. The van der Waals surface area contributed by atoms with Gasteiger partial charge in [0.25, 0.3) is 5.91 Å². The van der Waals surface area contributed by atoms with E-state index in [1.54, 1.807) is 30.3 Å². The average molecular weight is 367 g/mol. The number of esters is 1. The molecule has 2 aromatic carbocycles. The molecule has 1 amide bonds. The van der Waals surface area contributed by atoms with E-state index in [1.807, 2.05) is 0 Å². The summed E-state index contributed by atoms with van der Waals surface area (Å²) in [6.45, 7) is 0.579. The number of hydrogen-bond donors (Lipinski definition) is 1. The number of ether oxygens (including phenoxy) is 4. The number of hydrogen-bond acceptors (Lipinski definition) is 6. The fourth-order valence-electron chi connectivity index (χ4n) is 2.30. The molecule has 0 unspecified atom stereocenters. The largest absolute Gasteiger partial charge is 0.481 e. The van der Waals surface area contributed by atoms with E-state index in [0.29, 0.717) is 28.4 Å². The van der Waals surface area contributed by atoms with Gasteiger partial charge >= 0.3 is 5.97 Å². The van der Waals surface area contributed by atoms with Crippen LogP contribution in [0.1, 0.15) is 20.7 Å². The molecule has 1 N–H and O–H groups in total. The van der Waals surface area contributed by atoms with Gasteiger partial charge in [0.05, 0.1) is 19.2 Å². The second-order valence-corrected chi connectivity index (χ2v) is 5.41. The molecule has 3 rings (SSSR count). The second-order valence-electron chi connectivity index (χ2n) is 5.41. The maximum Gasteiger partial charge on any atom is 0.337 e. The lowest BCUT2D eigenvalue weighted by atomic mass is 10.1. The topological polar surface area (TPSA) is 83.1 Å². The Balaban J connectivity index is 1.42. The number of methoxy groups -OCH3 is 1. The quantitative estimate of drug-likeness (QED) is 0.643. The maximum atomic E-state index is 12.0. The van der Waals surface area contributed by atoms with Crippen LogP contribution in [0.3, 0.4) is 0 Å². The standard InChI is InChI=1S/C20H17NO6/c1-24-20(23)15-6-4-14(5-7-15)19(22)21-10-2-3-11-25-16-8-9-17-18(12-16)27-13-26-17/h4-9,12H,10-11,13H2,1H3,(H,21,22). The van der Waals surface area contributed by atoms with Crippen LogP contribution in [0.15, 0.2) is 42.5 Å². The molecule has 0 spiro atoms. The summed E-state index contributed by atoms with van der Waals surface area (Å²) in [5.41, 5.74) is 0.815. The minimum atomic E-state index is -0.449. The van der Waals surface area contributed by atoms with Crippen molar-refractivity contribution in [3.8, 4) is 29.1 Å². The van der Waals surface area contributed by atoms with Crippen LogP contribution >= 0.6 is 0 Å². The zero-order valence-electron chi connectivity index (χ0n) is 14.6. The van der Waals surface area contributed by atoms with Gasteiger partial charge in [-0.25, -0.2) is 4.79 Å². The molecule has 1 aliphatic rings. The molecular formula is C20H17NO6. The first kappa shape index (κ1) is 18.1. The van der Waals surface area contributed by atoms with E-state index in [1.165, 1.54) is 19.2 Å². The van der Waals surface area contributed by atoms with Crippen LogP contribution in [0, 0.1) is 11.8 Å². The molecule has 27 heavy (non-hydrogen) atoms. The molecule has 0 saturated heterocycles. The van der Waals surface area contributed by atoms with Gasteiger partial charge in [0.15, 0.2) is 11.5 Å². The Bertz CT molecular complexity index is 895. The maximum absolute atomic E-state index is 12.0. The summed E-state index contributed by atoms with van der Waals surface area (Å²) in [5.74, 6) is 6.86. The van der Waals surface area contributed by atoms with Crippen molar-refractivity contribution in [2.24, 2.45) is 0 Å². The number of nitrogens with one attached hydrogen (secondary N) is 1. The lowest BCUT2D eigenvalue weighted by molar-refractivity contribution is 0.0600. The van der Waals surface area contributed by atoms with Gasteiger partial charge in [-0.05, 0) is 36.4 Å². The molecule has 0 radical (unpaired) electrons. The highest BCUT2D eigenvalue weighted by Gasteiger charge is 2.13. The van der Waals surface area contributed by atoms with Gasteiger partial charge in [0.2, 0.25) is 6.79 Å². The Hall–Kier alpha value is -3.66. The molecule has 1 aliphatic heterocycles. The van der Waals surface area contributed by atoms with E-state index < -0.39 is 5.97 Å². The molecule has 0 bridgehead atoms. The van der Waals surface area contributed by atoms with Crippen LogP contribution in [-0.2, 0) is 4.74 Å². The van der Waals surface area contributed by atoms with Crippen LogP contribution in [0.4, 0.5) is 0 Å². The lowest BCUT2D eigenvalue weighted by Crippen LogP contribution is -2.23. The van der Waals surface area contributed by atoms with Crippen molar-refractivity contribution >= 4 is 11.9 Å². The summed E-state index contributed by atoms with van der Waals surface area (Å²) in [6, 6.07) is 11.5. The normalized spacial score (nSPS) is 11.1. The highest BCUT2D eigenvalue weighted by molar-refractivity contribution is 5.96. The summed E-state index contributed by atoms with van der Waals surface area (Å²) in [5, 5.41) is 2.67. The SMILES string of the molecule is COC(=O)c1ccc(C(=O)NCC#CCOc2ccc3c(c2)OCO3)cc1. The number of carbonyl (C=O) groups is 2. The molecule has 138 valence electrons. The Kier molecular flexibility index (Phi) is 5.80. The molecule has 0 atom stereocenters. The van der Waals surface area contributed by atoms with E-state index in [4.69, 9.17) is 14.2 Å². The van der Waals surface area contributed by atoms with Gasteiger partial charge in [0, 0.05) is 11.6 Å². The number of amides is 1. The molecule has 1 heterocycles. The first-order valence-electron chi connectivity index (χ1n) is 8.12. The minimum absolute atomic E-state index is 0.183. The number of rotatable bonds is 5. The van der Waals surface area contributed by atoms with Crippen molar-refractivity contribution in [3.63, 3.8) is 0 Å². The third-order valence-corrected chi connectivity index (χ3v) is 3.69. The van der Waals surface area contributed by atoms with Crippen molar-refractivity contribution in [3.05, 3.63) is 53.6 Å². The third-order valence-electron chi connectivity index (χ3n) is 3.69. The smallest absolute Gasteiger partial charge is 0.337 e. The van der Waals surface area contributed by atoms with E-state index in [9.17, 15) is 9.59 Å². The predicted octanol–water partition coefficient (Wildman–Crippen LogP) is 2.01. The zero-order chi connectivity index (χ0) is 19.1. The van der Waals surface area contributed by atoms with Crippen LogP contribution in [-0.4, -0.2) is 38.9 Å². The van der Waals surface area contributed by atoms with Crippen molar-refractivity contribution in [2.75, 3.05) is 27.1 Å². The van der Waals surface area contributed by atoms with Gasteiger partial charge in [-0.1, -0.05) is 11.8 Å². The van der Waals surface area contributed by atoms with Crippen molar-refractivity contribution in [1.82, 2.24) is 5.32 Å². The van der Waals surface area contributed by atoms with E-state index in [2.05, 4.69) is 21.9 Å². The fourth-order valence-corrected chi connectivity index (χ4v) is 2.30. The Morgan fingerprint density at radius 1 is 1.04 bits per heavy atom. The van der Waals surface area contributed by atoms with Gasteiger partial charge in [0.1, 0.15) is 12.4 Å². The Morgan fingerprint density at radius 2 is 1.78 bits per heavy atom. The van der Waals surface area contributed by atoms with Crippen LogP contribution in [0.2, 0.25) is 0 Å². The molecule has 0 aromatic heterocycles. The number of carbonyl (C=O) groups excluding carboxylic acids is 2. The number of benzene rings is 2. The van der Waals surface area contributed by atoms with Gasteiger partial charge in [-0.3, -0.25) is 4.79 Å². The minimum Gasteiger partial charge on any atom is -0.481 e. The Morgan fingerprint density at radius 3 is 2.56 bits per heavy atom.